The molecule has 1 N–H and O–H groups in total. The Balaban J connectivity index is 0.00000300. The predicted octanol–water partition coefficient (Wildman–Crippen LogP) is 3.71. The first-order valence-corrected chi connectivity index (χ1v) is 10.5. The fourth-order valence-electron chi connectivity index (χ4n) is 3.86. The molecule has 1 aliphatic rings. The van der Waals surface area contributed by atoms with Gasteiger partial charge < -0.3 is 15.1 Å². The molecule has 1 unspecified atom stereocenters. The zero-order valence-corrected chi connectivity index (χ0v) is 20.3. The van der Waals surface area contributed by atoms with Crippen LogP contribution in [0.15, 0.2) is 47.7 Å². The molecule has 1 aliphatic heterocycles. The van der Waals surface area contributed by atoms with Crippen LogP contribution in [0.25, 0.3) is 0 Å². The highest BCUT2D eigenvalue weighted by molar-refractivity contribution is 14.0. The lowest BCUT2D eigenvalue weighted by atomic mass is 10.0. The summed E-state index contributed by atoms with van der Waals surface area (Å²) >= 11 is 0. The van der Waals surface area contributed by atoms with Gasteiger partial charge in [0.2, 0.25) is 0 Å². The van der Waals surface area contributed by atoms with Crippen molar-refractivity contribution in [2.45, 2.75) is 32.6 Å². The van der Waals surface area contributed by atoms with Gasteiger partial charge >= 0.3 is 0 Å². The summed E-state index contributed by atoms with van der Waals surface area (Å²) in [5.41, 5.74) is 2.63. The van der Waals surface area contributed by atoms with Gasteiger partial charge in [0, 0.05) is 64.1 Å². The normalized spacial score (nSPS) is 16.6. The van der Waals surface area contributed by atoms with Crippen LogP contribution in [-0.2, 0) is 7.05 Å². The van der Waals surface area contributed by atoms with E-state index in [4.69, 9.17) is 4.99 Å². The van der Waals surface area contributed by atoms with Crippen molar-refractivity contribution >= 4 is 35.6 Å². The number of aromatic nitrogens is 2. The Bertz CT molecular complexity index is 745. The Morgan fingerprint density at radius 2 is 2.07 bits per heavy atom. The van der Waals surface area contributed by atoms with Gasteiger partial charge in [0.15, 0.2) is 5.96 Å². The molecule has 2 heterocycles. The smallest absolute Gasteiger partial charge is 0.193 e. The van der Waals surface area contributed by atoms with E-state index in [0.717, 1.165) is 58.1 Å². The third-order valence-corrected chi connectivity index (χ3v) is 5.37. The van der Waals surface area contributed by atoms with E-state index in [1.165, 1.54) is 11.3 Å². The van der Waals surface area contributed by atoms with Crippen molar-refractivity contribution in [3.63, 3.8) is 0 Å². The first-order valence-electron chi connectivity index (χ1n) is 10.5. The molecule has 0 spiro atoms. The third kappa shape index (κ3) is 6.62. The van der Waals surface area contributed by atoms with Crippen LogP contribution in [0.1, 0.15) is 38.2 Å². The second-order valence-electron chi connectivity index (χ2n) is 7.38. The Kier molecular flexibility index (Phi) is 9.76. The summed E-state index contributed by atoms with van der Waals surface area (Å²) in [5.74, 6) is 1.60. The SMILES string of the molecule is CCNC(=NCCCN(CC)c1ccccc1)N1CCC(c2cnn(C)c2)C1.I. The van der Waals surface area contributed by atoms with E-state index in [1.807, 2.05) is 17.9 Å². The molecule has 0 amide bonds. The Morgan fingerprint density at radius 3 is 2.72 bits per heavy atom. The van der Waals surface area contributed by atoms with E-state index in [2.05, 4.69) is 70.6 Å². The predicted molar refractivity (Wildman–Crippen MR) is 132 cm³/mol. The van der Waals surface area contributed by atoms with E-state index in [1.54, 1.807) is 0 Å². The van der Waals surface area contributed by atoms with Gasteiger partial charge in [-0.2, -0.15) is 5.10 Å². The van der Waals surface area contributed by atoms with Gasteiger partial charge in [-0.3, -0.25) is 9.67 Å². The number of aliphatic imine (C=N–C) groups is 1. The Hall–Kier alpha value is -1.77. The Labute approximate surface area is 192 Å². The summed E-state index contributed by atoms with van der Waals surface area (Å²) in [4.78, 5) is 9.72. The van der Waals surface area contributed by atoms with Crippen LogP contribution < -0.4 is 10.2 Å². The molecule has 3 rings (SSSR count). The van der Waals surface area contributed by atoms with E-state index in [-0.39, 0.29) is 24.0 Å². The third-order valence-electron chi connectivity index (χ3n) is 5.37. The maximum Gasteiger partial charge on any atom is 0.193 e. The van der Waals surface area contributed by atoms with Crippen molar-refractivity contribution in [2.24, 2.45) is 12.0 Å². The van der Waals surface area contributed by atoms with E-state index in [0.29, 0.717) is 5.92 Å². The van der Waals surface area contributed by atoms with Crippen LogP contribution >= 0.6 is 24.0 Å². The molecule has 0 saturated carbocycles. The number of hydrogen-bond acceptors (Lipinski definition) is 3. The molecule has 1 aromatic carbocycles. The molecule has 29 heavy (non-hydrogen) atoms. The molecule has 2 aromatic rings. The fraction of sp³-hybridized carbons (Fsp3) is 0.545. The van der Waals surface area contributed by atoms with Crippen LogP contribution in [-0.4, -0.2) is 59.9 Å². The molecular weight excluding hydrogens is 475 g/mol. The van der Waals surface area contributed by atoms with Crippen LogP contribution in [0.2, 0.25) is 0 Å². The number of nitrogens with zero attached hydrogens (tertiary/aromatic N) is 5. The summed E-state index contributed by atoms with van der Waals surface area (Å²) in [6.45, 7) is 10.2. The van der Waals surface area contributed by atoms with Gasteiger partial charge in [-0.15, -0.1) is 24.0 Å². The summed E-state index contributed by atoms with van der Waals surface area (Å²) in [6, 6.07) is 10.6. The number of hydrogen-bond donors (Lipinski definition) is 1. The number of nitrogens with one attached hydrogen (secondary N) is 1. The molecule has 0 radical (unpaired) electrons. The molecule has 7 heteroatoms. The van der Waals surface area contributed by atoms with Gasteiger partial charge in [0.05, 0.1) is 6.20 Å². The lowest BCUT2D eigenvalue weighted by Gasteiger charge is -2.24. The number of halogens is 1. The van der Waals surface area contributed by atoms with Gasteiger partial charge in [0.1, 0.15) is 0 Å². The van der Waals surface area contributed by atoms with E-state index >= 15 is 0 Å². The number of aryl methyl sites for hydroxylation is 1. The standard InChI is InChI=1S/C22H34N6.HI/c1-4-23-22(28-15-12-19(18-28)20-16-25-26(3)17-20)24-13-9-14-27(5-2)21-10-7-6-8-11-21;/h6-8,10-11,16-17,19H,4-5,9,12-15,18H2,1-3H3,(H,23,24);1H. The Morgan fingerprint density at radius 1 is 1.28 bits per heavy atom. The van der Waals surface area contributed by atoms with E-state index < -0.39 is 0 Å². The van der Waals surface area contributed by atoms with Crippen LogP contribution in [0.3, 0.4) is 0 Å². The van der Waals surface area contributed by atoms with E-state index in [9.17, 15) is 0 Å². The molecule has 1 atom stereocenters. The number of benzene rings is 1. The van der Waals surface area contributed by atoms with Crippen molar-refractivity contribution in [1.29, 1.82) is 0 Å². The summed E-state index contributed by atoms with van der Waals surface area (Å²) in [5, 5.41) is 7.80. The van der Waals surface area contributed by atoms with Gasteiger partial charge in [-0.25, -0.2) is 0 Å². The van der Waals surface area contributed by atoms with Crippen molar-refractivity contribution in [3.8, 4) is 0 Å². The molecule has 6 nitrogen and oxygen atoms in total. The minimum atomic E-state index is 0. The molecule has 1 saturated heterocycles. The van der Waals surface area contributed by atoms with Crippen molar-refractivity contribution in [3.05, 3.63) is 48.3 Å². The molecule has 160 valence electrons. The van der Waals surface area contributed by atoms with Gasteiger partial charge in [0.25, 0.3) is 0 Å². The number of likely N-dealkylation sites (tertiary alicyclic amines) is 1. The minimum Gasteiger partial charge on any atom is -0.372 e. The van der Waals surface area contributed by atoms with Crippen LogP contribution in [0.4, 0.5) is 5.69 Å². The largest absolute Gasteiger partial charge is 0.372 e. The minimum absolute atomic E-state index is 0. The highest BCUT2D eigenvalue weighted by Crippen LogP contribution is 2.26. The second-order valence-corrected chi connectivity index (χ2v) is 7.38. The number of guanidine groups is 1. The average Bonchev–Trinajstić information content (AvgIpc) is 3.37. The lowest BCUT2D eigenvalue weighted by molar-refractivity contribution is 0.485. The topological polar surface area (TPSA) is 48.7 Å². The van der Waals surface area contributed by atoms with Gasteiger partial charge in [-0.05, 0) is 44.4 Å². The quantitative estimate of drug-likeness (QED) is 0.255. The molecule has 1 aromatic heterocycles. The zero-order valence-electron chi connectivity index (χ0n) is 17.9. The number of para-hydroxylation sites is 1. The zero-order chi connectivity index (χ0) is 19.8. The summed E-state index contributed by atoms with van der Waals surface area (Å²) < 4.78 is 1.89. The summed E-state index contributed by atoms with van der Waals surface area (Å²) in [7, 11) is 1.98. The monoisotopic (exact) mass is 510 g/mol. The number of anilines is 1. The second kappa shape index (κ2) is 12.0. The maximum atomic E-state index is 4.91. The molecular formula is C22H35IN6. The molecule has 0 bridgehead atoms. The maximum absolute atomic E-state index is 4.91. The van der Waals surface area contributed by atoms with Crippen molar-refractivity contribution in [2.75, 3.05) is 44.2 Å². The van der Waals surface area contributed by atoms with Gasteiger partial charge in [-0.1, -0.05) is 18.2 Å². The van der Waals surface area contributed by atoms with Crippen molar-refractivity contribution < 1.29 is 0 Å². The molecule has 1 fully saturated rings. The highest BCUT2D eigenvalue weighted by atomic mass is 127. The van der Waals surface area contributed by atoms with Crippen LogP contribution in [0.5, 0.6) is 0 Å². The fourth-order valence-corrected chi connectivity index (χ4v) is 3.86. The summed E-state index contributed by atoms with van der Waals surface area (Å²) in [6.07, 6.45) is 6.35. The first kappa shape index (κ1) is 23.5. The first-order chi connectivity index (χ1) is 13.7. The average molecular weight is 510 g/mol. The highest BCUT2D eigenvalue weighted by Gasteiger charge is 2.26. The van der Waals surface area contributed by atoms with Crippen LogP contribution in [0, 0.1) is 0 Å². The molecule has 0 aliphatic carbocycles. The lowest BCUT2D eigenvalue weighted by Crippen LogP contribution is -2.40. The number of rotatable bonds is 8. The van der Waals surface area contributed by atoms with Crippen molar-refractivity contribution in [1.82, 2.24) is 20.0 Å².